The molecule has 1 saturated heterocycles. The van der Waals surface area contributed by atoms with E-state index in [1.54, 1.807) is 30.3 Å². The maximum Gasteiger partial charge on any atom is 0.459 e. The Hall–Kier alpha value is -3.57. The van der Waals surface area contributed by atoms with Crippen molar-refractivity contribution in [3.05, 3.63) is 54.5 Å². The SMILES string of the molecule is CC(O[P@](=O)(N[C@@H](C)C(=O)OCC(C)(C)C)Oc1ccccc1)[C@@]1(C#N)O[C@@H](c2ccc3c(N)ncnn23)[C@H](O)[C@@H]1O. The minimum atomic E-state index is -4.47. The van der Waals surface area contributed by atoms with Crippen LogP contribution in [0.15, 0.2) is 48.8 Å². The number of nitriles is 1. The van der Waals surface area contributed by atoms with Crippen LogP contribution in [-0.2, 0) is 23.4 Å². The molecule has 1 aliphatic heterocycles. The predicted molar refractivity (Wildman–Crippen MR) is 150 cm³/mol. The highest BCUT2D eigenvalue weighted by Crippen LogP contribution is 2.51. The molecule has 0 bridgehead atoms. The number of para-hydroxylation sites is 1. The van der Waals surface area contributed by atoms with Crippen molar-refractivity contribution in [3.8, 4) is 11.8 Å². The Balaban J connectivity index is 1.62. The normalized spacial score (nSPS) is 25.3. The maximum absolute atomic E-state index is 14.1. The molecule has 42 heavy (non-hydrogen) atoms. The van der Waals surface area contributed by atoms with Gasteiger partial charge in [0.1, 0.15) is 54.1 Å². The molecule has 1 fully saturated rings. The van der Waals surface area contributed by atoms with Gasteiger partial charge in [-0.15, -0.1) is 0 Å². The fourth-order valence-electron chi connectivity index (χ4n) is 4.40. The minimum absolute atomic E-state index is 0.112. The molecule has 1 unspecified atom stereocenters. The Morgan fingerprint density at radius 1 is 1.26 bits per heavy atom. The number of esters is 1. The number of nitrogens with zero attached hydrogens (tertiary/aromatic N) is 4. The third-order valence-corrected chi connectivity index (χ3v) is 8.34. The molecule has 0 radical (unpaired) electrons. The van der Waals surface area contributed by atoms with Crippen molar-refractivity contribution in [2.24, 2.45) is 5.41 Å². The summed E-state index contributed by atoms with van der Waals surface area (Å²) >= 11 is 0. The maximum atomic E-state index is 14.1. The highest BCUT2D eigenvalue weighted by Gasteiger charge is 2.60. The van der Waals surface area contributed by atoms with Gasteiger partial charge in [-0.3, -0.25) is 9.32 Å². The number of hydrogen-bond donors (Lipinski definition) is 4. The predicted octanol–water partition coefficient (Wildman–Crippen LogP) is 2.53. The van der Waals surface area contributed by atoms with E-state index in [9.17, 15) is 24.8 Å². The van der Waals surface area contributed by atoms with Gasteiger partial charge in [0, 0.05) is 0 Å². The summed E-state index contributed by atoms with van der Waals surface area (Å²) in [5.41, 5.74) is 4.09. The summed E-state index contributed by atoms with van der Waals surface area (Å²) < 4.78 is 38.3. The smallest absolute Gasteiger partial charge is 0.459 e. The van der Waals surface area contributed by atoms with Crippen molar-refractivity contribution in [3.63, 3.8) is 0 Å². The van der Waals surface area contributed by atoms with E-state index in [1.807, 2.05) is 26.8 Å². The Morgan fingerprint density at radius 2 is 1.95 bits per heavy atom. The summed E-state index contributed by atoms with van der Waals surface area (Å²) in [4.78, 5) is 16.6. The molecule has 0 saturated carbocycles. The lowest BCUT2D eigenvalue weighted by molar-refractivity contribution is -0.148. The lowest BCUT2D eigenvalue weighted by Crippen LogP contribution is -2.51. The van der Waals surface area contributed by atoms with Gasteiger partial charge in [-0.25, -0.2) is 14.1 Å². The summed E-state index contributed by atoms with van der Waals surface area (Å²) in [6.45, 7) is 8.54. The van der Waals surface area contributed by atoms with Crippen LogP contribution in [0.5, 0.6) is 5.75 Å². The van der Waals surface area contributed by atoms with E-state index in [2.05, 4.69) is 15.2 Å². The average Bonchev–Trinajstić information content (AvgIpc) is 3.47. The number of benzene rings is 1. The van der Waals surface area contributed by atoms with Crippen LogP contribution < -0.4 is 15.3 Å². The largest absolute Gasteiger partial charge is 0.464 e. The second kappa shape index (κ2) is 12.0. The molecule has 3 heterocycles. The van der Waals surface area contributed by atoms with Gasteiger partial charge in [-0.05, 0) is 43.5 Å². The molecular formula is C27H35N6O8P. The number of anilines is 1. The number of carbonyl (C=O) groups is 1. The number of aliphatic hydroxyl groups is 2. The Labute approximate surface area is 242 Å². The molecule has 4 rings (SSSR count). The second-order valence-corrected chi connectivity index (χ2v) is 12.9. The molecule has 0 amide bonds. The van der Waals surface area contributed by atoms with Gasteiger partial charge in [0.15, 0.2) is 5.82 Å². The first-order chi connectivity index (χ1) is 19.7. The van der Waals surface area contributed by atoms with E-state index < -0.39 is 49.8 Å². The average molecular weight is 603 g/mol. The van der Waals surface area contributed by atoms with Gasteiger partial charge < -0.3 is 29.9 Å². The zero-order chi connectivity index (χ0) is 30.9. The van der Waals surface area contributed by atoms with E-state index in [0.717, 1.165) is 0 Å². The molecule has 5 N–H and O–H groups in total. The van der Waals surface area contributed by atoms with Crippen LogP contribution in [-0.4, -0.2) is 67.3 Å². The third-order valence-electron chi connectivity index (χ3n) is 6.59. The van der Waals surface area contributed by atoms with Crippen molar-refractivity contribution in [1.82, 2.24) is 19.7 Å². The van der Waals surface area contributed by atoms with E-state index in [1.165, 1.54) is 36.8 Å². The quantitative estimate of drug-likeness (QED) is 0.195. The van der Waals surface area contributed by atoms with Crippen LogP contribution in [0.2, 0.25) is 0 Å². The first kappa shape index (κ1) is 31.4. The molecule has 0 aliphatic carbocycles. The number of rotatable bonds is 10. The monoisotopic (exact) mass is 602 g/mol. The minimum Gasteiger partial charge on any atom is -0.464 e. The van der Waals surface area contributed by atoms with E-state index in [4.69, 9.17) is 24.3 Å². The van der Waals surface area contributed by atoms with E-state index in [-0.39, 0.29) is 29.3 Å². The first-order valence-electron chi connectivity index (χ1n) is 13.2. The van der Waals surface area contributed by atoms with Gasteiger partial charge in [0.25, 0.3) is 0 Å². The summed E-state index contributed by atoms with van der Waals surface area (Å²) in [6.07, 6.45) is -4.94. The number of nitrogens with one attached hydrogen (secondary N) is 1. The van der Waals surface area contributed by atoms with Crippen LogP contribution in [0.4, 0.5) is 5.82 Å². The lowest BCUT2D eigenvalue weighted by Gasteiger charge is -2.33. The summed E-state index contributed by atoms with van der Waals surface area (Å²) in [6, 6.07) is 12.0. The standard InChI is InChI=1S/C27H35N6O8P/c1-16(25(36)38-14-26(3,4)5)32-42(37,41-18-9-7-6-8-10-18)40-17(2)27(13-28)23(35)21(34)22(39-27)19-11-12-20-24(29)30-15-31-33(19)20/h6-12,15-17,21-23,34-35H,14H2,1-5H3,(H,32,37)(H2,29,30,31)/t16-,17?,21-,22-,23-,27+,42+/m0/s1. The number of ether oxygens (including phenoxy) is 2. The van der Waals surface area contributed by atoms with Crippen LogP contribution >= 0.6 is 7.75 Å². The number of nitrogens with two attached hydrogens (primary N) is 1. The van der Waals surface area contributed by atoms with Gasteiger partial charge in [-0.1, -0.05) is 39.0 Å². The first-order valence-corrected chi connectivity index (χ1v) is 14.7. The second-order valence-electron chi connectivity index (χ2n) is 11.2. The van der Waals surface area contributed by atoms with Gasteiger partial charge in [-0.2, -0.15) is 15.4 Å². The molecular weight excluding hydrogens is 567 g/mol. The highest BCUT2D eigenvalue weighted by atomic mass is 31.2. The molecule has 15 heteroatoms. The fourth-order valence-corrected chi connectivity index (χ4v) is 6.11. The van der Waals surface area contributed by atoms with Gasteiger partial charge >= 0.3 is 13.7 Å². The summed E-state index contributed by atoms with van der Waals surface area (Å²) in [7, 11) is -4.47. The van der Waals surface area contributed by atoms with Crippen LogP contribution in [0.25, 0.3) is 5.52 Å². The van der Waals surface area contributed by atoms with Crippen LogP contribution in [0.3, 0.4) is 0 Å². The summed E-state index contributed by atoms with van der Waals surface area (Å²) in [5, 5.41) is 39.1. The third kappa shape index (κ3) is 6.42. The molecule has 226 valence electrons. The molecule has 2 aromatic heterocycles. The zero-order valence-corrected chi connectivity index (χ0v) is 24.8. The molecule has 7 atom stereocenters. The number of aromatic nitrogens is 3. The number of hydrogen-bond acceptors (Lipinski definition) is 12. The molecule has 3 aromatic rings. The Kier molecular flexibility index (Phi) is 8.94. The van der Waals surface area contributed by atoms with Crippen LogP contribution in [0.1, 0.15) is 46.4 Å². The number of nitrogen functional groups attached to an aromatic ring is 1. The van der Waals surface area contributed by atoms with Crippen molar-refractivity contribution in [1.29, 1.82) is 5.26 Å². The van der Waals surface area contributed by atoms with Crippen molar-refractivity contribution < 1.29 is 38.1 Å². The van der Waals surface area contributed by atoms with Crippen LogP contribution in [0, 0.1) is 16.7 Å². The molecule has 0 spiro atoms. The molecule has 1 aromatic carbocycles. The summed E-state index contributed by atoms with van der Waals surface area (Å²) in [5.74, 6) is -0.389. The van der Waals surface area contributed by atoms with Gasteiger partial charge in [0.2, 0.25) is 5.60 Å². The zero-order valence-electron chi connectivity index (χ0n) is 23.9. The molecule has 14 nitrogen and oxygen atoms in total. The van der Waals surface area contributed by atoms with Crippen molar-refractivity contribution in [2.45, 2.75) is 70.7 Å². The topological polar surface area (TPSA) is 204 Å². The lowest BCUT2D eigenvalue weighted by atomic mass is 9.91. The Bertz CT molecular complexity index is 1510. The van der Waals surface area contributed by atoms with Crippen molar-refractivity contribution >= 4 is 25.1 Å². The van der Waals surface area contributed by atoms with Crippen molar-refractivity contribution in [2.75, 3.05) is 12.3 Å². The Morgan fingerprint density at radius 3 is 2.60 bits per heavy atom. The van der Waals surface area contributed by atoms with E-state index in [0.29, 0.717) is 5.52 Å². The molecule has 1 aliphatic rings. The van der Waals surface area contributed by atoms with Gasteiger partial charge in [0.05, 0.1) is 12.3 Å². The number of carbonyl (C=O) groups excluding carboxylic acids is 1. The number of fused-ring (bicyclic) bond motifs is 1. The van der Waals surface area contributed by atoms with E-state index >= 15 is 0 Å². The number of aliphatic hydroxyl groups excluding tert-OH is 2. The highest BCUT2D eigenvalue weighted by molar-refractivity contribution is 7.52. The fraction of sp³-hybridized carbons (Fsp3) is 0.481.